The van der Waals surface area contributed by atoms with Crippen LogP contribution in [0, 0.1) is 0 Å². The molecule has 0 radical (unpaired) electrons. The minimum Gasteiger partial charge on any atom is -0.494 e. The second kappa shape index (κ2) is 9.65. The van der Waals surface area contributed by atoms with Gasteiger partial charge in [0.15, 0.2) is 0 Å². The normalized spacial score (nSPS) is 9.95. The number of ether oxygens (including phenoxy) is 3. The summed E-state index contributed by atoms with van der Waals surface area (Å²) < 4.78 is 15.6. The number of carbonyl (C=O) groups is 2. The zero-order valence-electron chi connectivity index (χ0n) is 13.3. The monoisotopic (exact) mass is 309 g/mol. The van der Waals surface area contributed by atoms with Crippen LogP contribution >= 0.6 is 0 Å². The van der Waals surface area contributed by atoms with E-state index in [0.29, 0.717) is 36.9 Å². The Morgan fingerprint density at radius 2 is 1.55 bits per heavy atom. The first-order valence-corrected chi connectivity index (χ1v) is 7.45. The Hall–Kier alpha value is -2.24. The number of hydrogen-bond acceptors (Lipinski definition) is 5. The molecule has 0 aliphatic rings. The highest BCUT2D eigenvalue weighted by Gasteiger charge is 2.11. The van der Waals surface area contributed by atoms with Gasteiger partial charge in [-0.25, -0.2) is 0 Å². The topological polar surface area (TPSA) is 73.9 Å². The van der Waals surface area contributed by atoms with Crippen molar-refractivity contribution in [2.75, 3.05) is 26.4 Å². The maximum Gasteiger partial charge on any atom is 0.307 e. The molecule has 6 nitrogen and oxygen atoms in total. The summed E-state index contributed by atoms with van der Waals surface area (Å²) in [6.45, 7) is 7.03. The number of amides is 1. The average molecular weight is 309 g/mol. The molecule has 122 valence electrons. The Labute approximate surface area is 130 Å². The van der Waals surface area contributed by atoms with Crippen molar-refractivity contribution in [1.82, 2.24) is 5.32 Å². The lowest BCUT2D eigenvalue weighted by molar-refractivity contribution is -0.142. The second-order valence-electron chi connectivity index (χ2n) is 4.37. The van der Waals surface area contributed by atoms with Crippen LogP contribution in [-0.2, 0) is 9.53 Å². The third-order valence-corrected chi connectivity index (χ3v) is 2.68. The molecule has 1 rings (SSSR count). The Morgan fingerprint density at radius 3 is 2.05 bits per heavy atom. The summed E-state index contributed by atoms with van der Waals surface area (Å²) in [6.07, 6.45) is 0.142. The summed E-state index contributed by atoms with van der Waals surface area (Å²) in [5.74, 6) is 0.528. The van der Waals surface area contributed by atoms with E-state index >= 15 is 0 Å². The van der Waals surface area contributed by atoms with Crippen molar-refractivity contribution < 1.29 is 23.8 Å². The zero-order valence-corrected chi connectivity index (χ0v) is 13.3. The predicted molar refractivity (Wildman–Crippen MR) is 82.4 cm³/mol. The van der Waals surface area contributed by atoms with Crippen molar-refractivity contribution in [3.63, 3.8) is 0 Å². The molecule has 1 aromatic carbocycles. The van der Waals surface area contributed by atoms with Gasteiger partial charge in [-0.05, 0) is 32.9 Å². The summed E-state index contributed by atoms with van der Waals surface area (Å²) in [5.41, 5.74) is 0.429. The molecule has 1 aromatic rings. The van der Waals surface area contributed by atoms with E-state index in [-0.39, 0.29) is 24.8 Å². The molecule has 0 unspecified atom stereocenters. The van der Waals surface area contributed by atoms with Crippen molar-refractivity contribution in [2.24, 2.45) is 0 Å². The molecule has 0 heterocycles. The SMILES string of the molecule is CCOC(=O)CCNC(=O)c1cc(OCC)cc(OCC)c1. The van der Waals surface area contributed by atoms with Crippen LogP contribution in [0.15, 0.2) is 18.2 Å². The van der Waals surface area contributed by atoms with Crippen LogP contribution in [0.5, 0.6) is 11.5 Å². The molecule has 0 saturated heterocycles. The standard InChI is InChI=1S/C16H23NO5/c1-4-20-13-9-12(10-14(11-13)21-5-2)16(19)17-8-7-15(18)22-6-3/h9-11H,4-8H2,1-3H3,(H,17,19). The molecule has 0 saturated carbocycles. The van der Waals surface area contributed by atoms with E-state index in [4.69, 9.17) is 14.2 Å². The van der Waals surface area contributed by atoms with E-state index in [1.165, 1.54) is 0 Å². The van der Waals surface area contributed by atoms with E-state index in [1.54, 1.807) is 25.1 Å². The minimum absolute atomic E-state index is 0.142. The molecule has 6 heteroatoms. The highest BCUT2D eigenvalue weighted by atomic mass is 16.5. The average Bonchev–Trinajstić information content (AvgIpc) is 2.48. The number of carbonyl (C=O) groups excluding carboxylic acids is 2. The molecule has 0 atom stereocenters. The third-order valence-electron chi connectivity index (χ3n) is 2.68. The molecule has 1 amide bonds. The molecule has 0 bridgehead atoms. The van der Waals surface area contributed by atoms with Gasteiger partial charge in [-0.2, -0.15) is 0 Å². The first-order valence-electron chi connectivity index (χ1n) is 7.45. The maximum atomic E-state index is 12.1. The Morgan fingerprint density at radius 1 is 0.955 bits per heavy atom. The number of nitrogens with one attached hydrogen (secondary N) is 1. The van der Waals surface area contributed by atoms with Gasteiger partial charge in [0.25, 0.3) is 5.91 Å². The molecular weight excluding hydrogens is 286 g/mol. The van der Waals surface area contributed by atoms with Crippen LogP contribution in [0.1, 0.15) is 37.6 Å². The lowest BCUT2D eigenvalue weighted by Crippen LogP contribution is -2.26. The molecule has 22 heavy (non-hydrogen) atoms. The van der Waals surface area contributed by atoms with Crippen molar-refractivity contribution in [2.45, 2.75) is 27.2 Å². The first-order chi connectivity index (χ1) is 10.6. The van der Waals surface area contributed by atoms with Crippen molar-refractivity contribution in [3.05, 3.63) is 23.8 Å². The van der Waals surface area contributed by atoms with Gasteiger partial charge in [0, 0.05) is 18.2 Å². The zero-order chi connectivity index (χ0) is 16.4. The number of benzene rings is 1. The molecular formula is C16H23NO5. The van der Waals surface area contributed by atoms with Gasteiger partial charge in [-0.3, -0.25) is 9.59 Å². The highest BCUT2D eigenvalue weighted by Crippen LogP contribution is 2.23. The van der Waals surface area contributed by atoms with E-state index < -0.39 is 0 Å². The van der Waals surface area contributed by atoms with E-state index in [9.17, 15) is 9.59 Å². The van der Waals surface area contributed by atoms with Crippen molar-refractivity contribution >= 4 is 11.9 Å². The second-order valence-corrected chi connectivity index (χ2v) is 4.37. The predicted octanol–water partition coefficient (Wildman–Crippen LogP) is 2.17. The largest absolute Gasteiger partial charge is 0.494 e. The van der Waals surface area contributed by atoms with Crippen LogP contribution < -0.4 is 14.8 Å². The Balaban J connectivity index is 2.68. The summed E-state index contributed by atoms with van der Waals surface area (Å²) in [5, 5.41) is 2.68. The van der Waals surface area contributed by atoms with E-state index in [0.717, 1.165) is 0 Å². The smallest absolute Gasteiger partial charge is 0.307 e. The lowest BCUT2D eigenvalue weighted by Gasteiger charge is -2.11. The summed E-state index contributed by atoms with van der Waals surface area (Å²) in [6, 6.07) is 5.03. The van der Waals surface area contributed by atoms with Gasteiger partial charge in [0.1, 0.15) is 11.5 Å². The molecule has 0 aliphatic carbocycles. The van der Waals surface area contributed by atoms with Crippen LogP contribution in [-0.4, -0.2) is 38.2 Å². The van der Waals surface area contributed by atoms with Crippen molar-refractivity contribution in [1.29, 1.82) is 0 Å². The van der Waals surface area contributed by atoms with E-state index in [2.05, 4.69) is 5.32 Å². The van der Waals surface area contributed by atoms with Crippen LogP contribution in [0.25, 0.3) is 0 Å². The van der Waals surface area contributed by atoms with Gasteiger partial charge in [0.05, 0.1) is 26.2 Å². The van der Waals surface area contributed by atoms with Gasteiger partial charge >= 0.3 is 5.97 Å². The van der Waals surface area contributed by atoms with Crippen LogP contribution in [0.3, 0.4) is 0 Å². The first kappa shape index (κ1) is 17.8. The van der Waals surface area contributed by atoms with Crippen LogP contribution in [0.4, 0.5) is 0 Å². The number of rotatable bonds is 9. The lowest BCUT2D eigenvalue weighted by atomic mass is 10.2. The maximum absolute atomic E-state index is 12.1. The minimum atomic E-state index is -0.333. The molecule has 0 aromatic heterocycles. The van der Waals surface area contributed by atoms with Crippen molar-refractivity contribution in [3.8, 4) is 11.5 Å². The fourth-order valence-electron chi connectivity index (χ4n) is 1.82. The number of esters is 1. The third kappa shape index (κ3) is 6.03. The molecule has 0 spiro atoms. The molecule has 1 N–H and O–H groups in total. The van der Waals surface area contributed by atoms with Gasteiger partial charge < -0.3 is 19.5 Å². The quantitative estimate of drug-likeness (QED) is 0.708. The fraction of sp³-hybridized carbons (Fsp3) is 0.500. The number of hydrogen-bond donors (Lipinski definition) is 1. The Kier molecular flexibility index (Phi) is 7.81. The Bertz CT molecular complexity index is 477. The van der Waals surface area contributed by atoms with Gasteiger partial charge in [0.2, 0.25) is 0 Å². The summed E-state index contributed by atoms with van der Waals surface area (Å²) >= 11 is 0. The fourth-order valence-corrected chi connectivity index (χ4v) is 1.82. The van der Waals surface area contributed by atoms with Crippen LogP contribution in [0.2, 0.25) is 0 Å². The van der Waals surface area contributed by atoms with Gasteiger partial charge in [-0.1, -0.05) is 0 Å². The molecule has 0 fully saturated rings. The summed E-state index contributed by atoms with van der Waals surface area (Å²) in [7, 11) is 0. The highest BCUT2D eigenvalue weighted by molar-refractivity contribution is 5.95. The van der Waals surface area contributed by atoms with Gasteiger partial charge in [-0.15, -0.1) is 0 Å². The summed E-state index contributed by atoms with van der Waals surface area (Å²) in [4.78, 5) is 23.3. The molecule has 0 aliphatic heterocycles. The van der Waals surface area contributed by atoms with E-state index in [1.807, 2.05) is 13.8 Å².